The normalized spacial score (nSPS) is 10.6. The molecular weight excluding hydrogens is 356 g/mol. The Bertz CT molecular complexity index is 857. The van der Waals surface area contributed by atoms with E-state index in [2.05, 4.69) is 27.4 Å². The molecule has 0 atom stereocenters. The van der Waals surface area contributed by atoms with Crippen molar-refractivity contribution in [3.05, 3.63) is 52.2 Å². The predicted octanol–water partition coefficient (Wildman–Crippen LogP) is 3.14. The zero-order chi connectivity index (χ0) is 17.6. The van der Waals surface area contributed by atoms with Gasteiger partial charge in [-0.1, -0.05) is 49.0 Å². The summed E-state index contributed by atoms with van der Waals surface area (Å²) in [5, 5.41) is 11.6. The number of benzene rings is 1. The fraction of sp³-hybridized carbons (Fsp3) is 0.176. The molecule has 8 heteroatoms. The molecule has 3 rings (SSSR count). The molecule has 128 valence electrons. The van der Waals surface area contributed by atoms with Gasteiger partial charge in [0, 0.05) is 5.56 Å². The van der Waals surface area contributed by atoms with Gasteiger partial charge in [0.25, 0.3) is 5.91 Å². The lowest BCUT2D eigenvalue weighted by Gasteiger charge is -2.00. The highest BCUT2D eigenvalue weighted by atomic mass is 32.2. The molecule has 2 amide bonds. The molecule has 0 aliphatic rings. The zero-order valence-corrected chi connectivity index (χ0v) is 15.1. The van der Waals surface area contributed by atoms with Crippen molar-refractivity contribution in [2.24, 2.45) is 0 Å². The van der Waals surface area contributed by atoms with Crippen molar-refractivity contribution >= 4 is 34.9 Å². The Morgan fingerprint density at radius 3 is 2.72 bits per heavy atom. The van der Waals surface area contributed by atoms with E-state index >= 15 is 0 Å². The van der Waals surface area contributed by atoms with Crippen molar-refractivity contribution in [1.29, 1.82) is 0 Å². The number of nitrogens with zero attached hydrogens (tertiary/aromatic N) is 2. The molecule has 0 unspecified atom stereocenters. The molecule has 3 aromatic rings. The molecule has 0 radical (unpaired) electrons. The molecule has 0 aliphatic heterocycles. The van der Waals surface area contributed by atoms with E-state index in [9.17, 15) is 9.59 Å². The van der Waals surface area contributed by atoms with Crippen LogP contribution in [-0.2, 0) is 11.2 Å². The van der Waals surface area contributed by atoms with Crippen LogP contribution < -0.4 is 5.32 Å². The topological polar surface area (TPSA) is 87.7 Å². The number of rotatable bonds is 6. The van der Waals surface area contributed by atoms with Crippen LogP contribution in [0.5, 0.6) is 0 Å². The maximum atomic E-state index is 11.9. The van der Waals surface area contributed by atoms with Gasteiger partial charge in [0.05, 0.1) is 10.6 Å². The largest absolute Gasteiger partial charge is 0.291 e. The summed E-state index contributed by atoms with van der Waals surface area (Å²) in [5.74, 6) is -0.0297. The van der Waals surface area contributed by atoms with Crippen LogP contribution in [0.2, 0.25) is 0 Å². The van der Waals surface area contributed by atoms with Crippen molar-refractivity contribution in [3.63, 3.8) is 0 Å². The minimum absolute atomic E-state index is 0.0726. The number of H-pyrrole nitrogens is 1. The zero-order valence-electron chi connectivity index (χ0n) is 13.5. The third-order valence-corrected chi connectivity index (χ3v) is 5.15. The number of amides is 2. The molecule has 0 saturated heterocycles. The highest BCUT2D eigenvalue weighted by Crippen LogP contribution is 2.19. The molecule has 2 aromatic heterocycles. The number of hydrogen-bond donors (Lipinski definition) is 2. The number of carbonyl (C=O) groups is 2. The summed E-state index contributed by atoms with van der Waals surface area (Å²) in [4.78, 5) is 28.5. The summed E-state index contributed by atoms with van der Waals surface area (Å²) in [5.41, 5.74) is 2.19. The monoisotopic (exact) mass is 372 g/mol. The van der Waals surface area contributed by atoms with Crippen LogP contribution in [0.1, 0.15) is 22.2 Å². The molecule has 0 bridgehead atoms. The first-order valence-corrected chi connectivity index (χ1v) is 9.54. The first kappa shape index (κ1) is 17.4. The summed E-state index contributed by atoms with van der Waals surface area (Å²) in [6.07, 6.45) is 0.983. The minimum atomic E-state index is -0.382. The Morgan fingerprint density at radius 1 is 1.24 bits per heavy atom. The highest BCUT2D eigenvalue weighted by molar-refractivity contribution is 7.99. The molecule has 25 heavy (non-hydrogen) atoms. The number of nitrogens with one attached hydrogen (secondary N) is 2. The van der Waals surface area contributed by atoms with E-state index in [-0.39, 0.29) is 17.6 Å². The number of aromatic amines is 1. The number of aryl methyl sites for hydroxylation is 1. The lowest BCUT2D eigenvalue weighted by Crippen LogP contribution is -2.31. The van der Waals surface area contributed by atoms with Crippen molar-refractivity contribution in [3.8, 4) is 11.4 Å². The summed E-state index contributed by atoms with van der Waals surface area (Å²) < 4.78 is 0. The van der Waals surface area contributed by atoms with Gasteiger partial charge in [-0.15, -0.1) is 16.4 Å². The highest BCUT2D eigenvalue weighted by Gasteiger charge is 2.13. The first-order chi connectivity index (χ1) is 12.2. The van der Waals surface area contributed by atoms with Gasteiger partial charge in [0.15, 0.2) is 5.82 Å². The average Bonchev–Trinajstić information content (AvgIpc) is 3.32. The number of hydrogen-bond acceptors (Lipinski definition) is 6. The van der Waals surface area contributed by atoms with Crippen molar-refractivity contribution in [2.45, 2.75) is 18.5 Å². The van der Waals surface area contributed by atoms with Crippen LogP contribution in [0.4, 0.5) is 0 Å². The predicted molar refractivity (Wildman–Crippen MR) is 98.7 cm³/mol. The molecular formula is C17H16N4O2S2. The van der Waals surface area contributed by atoms with Crippen LogP contribution in [-0.4, -0.2) is 32.7 Å². The van der Waals surface area contributed by atoms with E-state index in [0.29, 0.717) is 15.9 Å². The van der Waals surface area contributed by atoms with Crippen LogP contribution in [0.15, 0.2) is 46.9 Å². The van der Waals surface area contributed by atoms with E-state index in [1.54, 1.807) is 17.5 Å². The van der Waals surface area contributed by atoms with Gasteiger partial charge >= 0.3 is 0 Å². The fourth-order valence-electron chi connectivity index (χ4n) is 2.10. The van der Waals surface area contributed by atoms with Crippen LogP contribution in [0.3, 0.4) is 0 Å². The Hall–Kier alpha value is -2.45. The summed E-state index contributed by atoms with van der Waals surface area (Å²) in [7, 11) is 0. The Morgan fingerprint density at radius 2 is 2.04 bits per heavy atom. The van der Waals surface area contributed by atoms with E-state index in [1.165, 1.54) is 28.7 Å². The van der Waals surface area contributed by atoms with Crippen molar-refractivity contribution in [2.75, 3.05) is 5.75 Å². The molecule has 2 heterocycles. The van der Waals surface area contributed by atoms with Crippen molar-refractivity contribution < 1.29 is 9.59 Å². The minimum Gasteiger partial charge on any atom is -0.291 e. The van der Waals surface area contributed by atoms with Gasteiger partial charge in [-0.3, -0.25) is 20.0 Å². The standard InChI is InChI=1S/C17H16N4O2S2/c1-2-11-5-7-12(8-6-11)15-19-17(21-20-15)25-10-14(22)18-16(23)13-4-3-9-24-13/h3-9H,2,10H2,1H3,(H,18,22,23)(H,19,20,21). The maximum absolute atomic E-state index is 11.9. The summed E-state index contributed by atoms with van der Waals surface area (Å²) >= 11 is 2.47. The van der Waals surface area contributed by atoms with Gasteiger partial charge in [0.2, 0.25) is 11.1 Å². The number of aromatic nitrogens is 3. The van der Waals surface area contributed by atoms with E-state index in [0.717, 1.165) is 12.0 Å². The van der Waals surface area contributed by atoms with E-state index in [1.807, 2.05) is 24.3 Å². The number of thiophene rings is 1. The second-order valence-corrected chi connectivity index (χ2v) is 7.05. The average molecular weight is 372 g/mol. The summed E-state index contributed by atoms with van der Waals surface area (Å²) in [6.45, 7) is 2.10. The van der Waals surface area contributed by atoms with E-state index < -0.39 is 0 Å². The number of thioether (sulfide) groups is 1. The number of imide groups is 1. The summed E-state index contributed by atoms with van der Waals surface area (Å²) in [6, 6.07) is 11.5. The van der Waals surface area contributed by atoms with Gasteiger partial charge in [-0.05, 0) is 23.4 Å². The lowest BCUT2D eigenvalue weighted by molar-refractivity contribution is -0.117. The maximum Gasteiger partial charge on any atom is 0.267 e. The Balaban J connectivity index is 1.54. The molecule has 0 spiro atoms. The third-order valence-electron chi connectivity index (χ3n) is 3.43. The van der Waals surface area contributed by atoms with Gasteiger partial charge in [-0.25, -0.2) is 4.98 Å². The molecule has 1 aromatic carbocycles. The first-order valence-electron chi connectivity index (χ1n) is 7.68. The van der Waals surface area contributed by atoms with Gasteiger partial charge in [-0.2, -0.15) is 0 Å². The Labute approximate surface area is 153 Å². The fourth-order valence-corrected chi connectivity index (χ4v) is 3.32. The van der Waals surface area contributed by atoms with E-state index in [4.69, 9.17) is 0 Å². The molecule has 2 N–H and O–H groups in total. The van der Waals surface area contributed by atoms with Crippen LogP contribution in [0.25, 0.3) is 11.4 Å². The van der Waals surface area contributed by atoms with Crippen LogP contribution >= 0.6 is 23.1 Å². The lowest BCUT2D eigenvalue weighted by atomic mass is 10.1. The van der Waals surface area contributed by atoms with Gasteiger partial charge < -0.3 is 0 Å². The molecule has 0 aliphatic carbocycles. The second-order valence-electron chi connectivity index (χ2n) is 5.16. The SMILES string of the molecule is CCc1ccc(-c2nc(SCC(=O)NC(=O)c3cccs3)n[nH]2)cc1. The smallest absolute Gasteiger partial charge is 0.267 e. The molecule has 0 saturated carbocycles. The van der Waals surface area contributed by atoms with Gasteiger partial charge in [0.1, 0.15) is 0 Å². The third kappa shape index (κ3) is 4.55. The van der Waals surface area contributed by atoms with Crippen LogP contribution in [0, 0.1) is 0 Å². The van der Waals surface area contributed by atoms with Crippen molar-refractivity contribution in [1.82, 2.24) is 20.5 Å². The number of carbonyl (C=O) groups excluding carboxylic acids is 2. The second kappa shape index (κ2) is 8.09. The molecule has 0 fully saturated rings. The quantitative estimate of drug-likeness (QED) is 0.649. The Kier molecular flexibility index (Phi) is 5.62. The molecule has 6 nitrogen and oxygen atoms in total.